The number of hydrogen-bond acceptors (Lipinski definition) is 5. The smallest absolute Gasteiger partial charge is 0.161 e. The molecule has 1 saturated heterocycles. The molecule has 0 bridgehead atoms. The molecule has 122 valence electrons. The summed E-state index contributed by atoms with van der Waals surface area (Å²) in [5.41, 5.74) is 10.0. The number of ketones is 1. The molecule has 5 nitrogen and oxygen atoms in total. The predicted octanol–water partition coefficient (Wildman–Crippen LogP) is 1.85. The third-order valence-corrected chi connectivity index (χ3v) is 5.44. The van der Waals surface area contributed by atoms with Crippen molar-refractivity contribution in [3.63, 3.8) is 0 Å². The van der Waals surface area contributed by atoms with Crippen LogP contribution in [0.4, 0.5) is 0 Å². The van der Waals surface area contributed by atoms with Crippen molar-refractivity contribution in [3.05, 3.63) is 41.4 Å². The van der Waals surface area contributed by atoms with Crippen molar-refractivity contribution in [1.29, 1.82) is 0 Å². The Labute approximate surface area is 136 Å². The van der Waals surface area contributed by atoms with E-state index in [9.17, 15) is 4.79 Å². The third-order valence-electron chi connectivity index (χ3n) is 5.44. The van der Waals surface area contributed by atoms with Crippen LogP contribution in [-0.2, 0) is 4.79 Å². The number of allylic oxidation sites excluding steroid dienone is 2. The first-order chi connectivity index (χ1) is 11.0. The maximum Gasteiger partial charge on any atom is 0.161 e. The van der Waals surface area contributed by atoms with E-state index >= 15 is 0 Å². The second-order valence-electron chi connectivity index (χ2n) is 7.87. The second kappa shape index (κ2) is 5.14. The average molecular weight is 312 g/mol. The van der Waals surface area contributed by atoms with Gasteiger partial charge in [-0.15, -0.1) is 0 Å². The van der Waals surface area contributed by atoms with E-state index in [0.717, 1.165) is 17.7 Å². The van der Waals surface area contributed by atoms with Gasteiger partial charge in [-0.3, -0.25) is 15.2 Å². The Kier molecular flexibility index (Phi) is 3.32. The minimum atomic E-state index is 0.0240. The number of hydrogen-bond donors (Lipinski definition) is 3. The van der Waals surface area contributed by atoms with Crippen LogP contribution >= 0.6 is 0 Å². The number of aromatic nitrogens is 1. The summed E-state index contributed by atoms with van der Waals surface area (Å²) >= 11 is 0. The van der Waals surface area contributed by atoms with E-state index in [1.54, 1.807) is 0 Å². The molecule has 4 rings (SSSR count). The lowest BCUT2D eigenvalue weighted by atomic mass is 9.65. The van der Waals surface area contributed by atoms with E-state index in [4.69, 9.17) is 0 Å². The van der Waals surface area contributed by atoms with E-state index in [2.05, 4.69) is 54.1 Å². The van der Waals surface area contributed by atoms with Gasteiger partial charge in [-0.05, 0) is 36.5 Å². The van der Waals surface area contributed by atoms with Gasteiger partial charge in [-0.25, -0.2) is 5.43 Å². The highest BCUT2D eigenvalue weighted by molar-refractivity contribution is 5.99. The number of carbonyl (C=O) groups is 1. The van der Waals surface area contributed by atoms with Gasteiger partial charge in [0.15, 0.2) is 5.78 Å². The quantitative estimate of drug-likeness (QED) is 0.738. The first-order valence-electron chi connectivity index (χ1n) is 8.40. The fourth-order valence-corrected chi connectivity index (χ4v) is 4.48. The molecule has 3 N–H and O–H groups in total. The number of nitrogens with one attached hydrogen (secondary N) is 3. The molecule has 0 aromatic carbocycles. The van der Waals surface area contributed by atoms with Crippen LogP contribution in [0.15, 0.2) is 35.8 Å². The molecule has 0 spiro atoms. The van der Waals surface area contributed by atoms with Gasteiger partial charge in [0.05, 0.1) is 6.17 Å². The number of Topliss-reactive ketones (excluding diaryl/α,β-unsaturated/α-hetero) is 1. The lowest BCUT2D eigenvalue weighted by Crippen LogP contribution is -2.52. The first-order valence-corrected chi connectivity index (χ1v) is 8.40. The fraction of sp³-hybridized carbons (Fsp3) is 0.556. The highest BCUT2D eigenvalue weighted by atomic mass is 16.1. The second-order valence-corrected chi connectivity index (χ2v) is 7.87. The van der Waals surface area contributed by atoms with Crippen LogP contribution in [0.2, 0.25) is 0 Å². The standard InChI is InChI=1S/C18H24N4O/c1-10-14-15(11-4-6-19-7-5-11)16-12(20-17(14)22-21-10)8-18(2,3)9-13(16)23/h4-7,10,14-15,17,20-22H,8-9H2,1-3H3. The molecule has 1 aromatic rings. The topological polar surface area (TPSA) is 66.0 Å². The molecule has 23 heavy (non-hydrogen) atoms. The number of nitrogens with zero attached hydrogens (tertiary/aromatic N) is 1. The Hall–Kier alpha value is -1.72. The molecule has 0 radical (unpaired) electrons. The van der Waals surface area contributed by atoms with Gasteiger partial charge in [0.2, 0.25) is 0 Å². The average Bonchev–Trinajstić information content (AvgIpc) is 2.86. The number of hydrazine groups is 1. The number of fused-ring (bicyclic) bond motifs is 1. The molecule has 0 saturated carbocycles. The van der Waals surface area contributed by atoms with Crippen LogP contribution in [-0.4, -0.2) is 23.0 Å². The largest absolute Gasteiger partial charge is 0.371 e. The third kappa shape index (κ3) is 2.39. The minimum Gasteiger partial charge on any atom is -0.371 e. The molecular weight excluding hydrogens is 288 g/mol. The Balaban J connectivity index is 1.85. The van der Waals surface area contributed by atoms with Crippen molar-refractivity contribution in [3.8, 4) is 0 Å². The highest BCUT2D eigenvalue weighted by Gasteiger charge is 2.49. The molecule has 4 unspecified atom stereocenters. The number of pyridine rings is 1. The molecule has 1 aliphatic carbocycles. The molecule has 3 aliphatic rings. The van der Waals surface area contributed by atoms with Gasteiger partial charge in [0.1, 0.15) is 0 Å². The Bertz CT molecular complexity index is 667. The van der Waals surface area contributed by atoms with Gasteiger partial charge in [-0.1, -0.05) is 13.8 Å². The summed E-state index contributed by atoms with van der Waals surface area (Å²) in [6, 6.07) is 4.40. The predicted molar refractivity (Wildman–Crippen MR) is 88.2 cm³/mol. The molecule has 5 heteroatoms. The summed E-state index contributed by atoms with van der Waals surface area (Å²) in [6.07, 6.45) is 5.36. The van der Waals surface area contributed by atoms with Gasteiger partial charge >= 0.3 is 0 Å². The SMILES string of the molecule is CC1NNC2NC3=C(C(=O)CC(C)(C)C3)C(c3ccncc3)C12. The Morgan fingerprint density at radius 3 is 2.65 bits per heavy atom. The van der Waals surface area contributed by atoms with Gasteiger partial charge in [0, 0.05) is 48.0 Å². The van der Waals surface area contributed by atoms with E-state index in [1.165, 1.54) is 5.56 Å². The Morgan fingerprint density at radius 2 is 1.91 bits per heavy atom. The fourth-order valence-electron chi connectivity index (χ4n) is 4.48. The maximum atomic E-state index is 13.0. The van der Waals surface area contributed by atoms with Crippen molar-refractivity contribution in [2.24, 2.45) is 11.3 Å². The molecule has 3 heterocycles. The summed E-state index contributed by atoms with van der Waals surface area (Å²) in [5.74, 6) is 0.727. The van der Waals surface area contributed by atoms with E-state index in [0.29, 0.717) is 24.2 Å². The van der Waals surface area contributed by atoms with E-state index in [1.807, 2.05) is 12.4 Å². The molecule has 1 fully saturated rings. The summed E-state index contributed by atoms with van der Waals surface area (Å²) < 4.78 is 0. The summed E-state index contributed by atoms with van der Waals surface area (Å²) in [7, 11) is 0. The summed E-state index contributed by atoms with van der Waals surface area (Å²) in [6.45, 7) is 6.52. The monoisotopic (exact) mass is 312 g/mol. The highest BCUT2D eigenvalue weighted by Crippen LogP contribution is 2.48. The summed E-state index contributed by atoms with van der Waals surface area (Å²) in [4.78, 5) is 17.1. The molecule has 4 atom stereocenters. The van der Waals surface area contributed by atoms with Crippen molar-refractivity contribution < 1.29 is 4.79 Å². The van der Waals surface area contributed by atoms with Crippen LogP contribution in [0.5, 0.6) is 0 Å². The maximum absolute atomic E-state index is 13.0. The van der Waals surface area contributed by atoms with Crippen LogP contribution in [0, 0.1) is 11.3 Å². The molecule has 1 aromatic heterocycles. The molecular formula is C18H24N4O. The van der Waals surface area contributed by atoms with Gasteiger partial charge in [-0.2, -0.15) is 0 Å². The zero-order valence-corrected chi connectivity index (χ0v) is 13.9. The first kappa shape index (κ1) is 14.8. The zero-order chi connectivity index (χ0) is 16.2. The van der Waals surface area contributed by atoms with Crippen molar-refractivity contribution in [1.82, 2.24) is 21.2 Å². The normalized spacial score (nSPS) is 35.5. The number of carbonyl (C=O) groups excluding carboxylic acids is 1. The lowest BCUT2D eigenvalue weighted by Gasteiger charge is -2.44. The van der Waals surface area contributed by atoms with Crippen LogP contribution in [0.1, 0.15) is 45.1 Å². The number of rotatable bonds is 1. The van der Waals surface area contributed by atoms with Crippen LogP contribution in [0.25, 0.3) is 0 Å². The molecule has 0 amide bonds. The molecule has 2 aliphatic heterocycles. The van der Waals surface area contributed by atoms with Crippen molar-refractivity contribution in [2.45, 2.75) is 51.7 Å². The van der Waals surface area contributed by atoms with Gasteiger partial charge < -0.3 is 5.32 Å². The van der Waals surface area contributed by atoms with Crippen LogP contribution in [0.3, 0.4) is 0 Å². The van der Waals surface area contributed by atoms with E-state index < -0.39 is 0 Å². The minimum absolute atomic E-state index is 0.0240. The summed E-state index contributed by atoms with van der Waals surface area (Å²) in [5, 5.41) is 3.60. The van der Waals surface area contributed by atoms with Crippen molar-refractivity contribution >= 4 is 5.78 Å². The lowest BCUT2D eigenvalue weighted by molar-refractivity contribution is -0.118. The van der Waals surface area contributed by atoms with Gasteiger partial charge in [0.25, 0.3) is 0 Å². The zero-order valence-electron chi connectivity index (χ0n) is 13.9. The van der Waals surface area contributed by atoms with Crippen LogP contribution < -0.4 is 16.2 Å². The Morgan fingerprint density at radius 1 is 1.17 bits per heavy atom. The van der Waals surface area contributed by atoms with Crippen molar-refractivity contribution in [2.75, 3.05) is 0 Å². The van der Waals surface area contributed by atoms with E-state index in [-0.39, 0.29) is 17.5 Å².